The van der Waals surface area contributed by atoms with Crippen LogP contribution in [0.15, 0.2) is 16.8 Å². The minimum Gasteiger partial charge on any atom is -0.319 e. The van der Waals surface area contributed by atoms with Gasteiger partial charge in [0.15, 0.2) is 0 Å². The molecule has 19 heavy (non-hydrogen) atoms. The molecule has 3 atom stereocenters. The fraction of sp³-hybridized carbons (Fsp3) is 0.667. The largest absolute Gasteiger partial charge is 0.319 e. The van der Waals surface area contributed by atoms with Crippen molar-refractivity contribution in [3.63, 3.8) is 0 Å². The Kier molecular flexibility index (Phi) is 4.63. The highest BCUT2D eigenvalue weighted by molar-refractivity contribution is 7.07. The maximum absolute atomic E-state index is 12.5. The predicted octanol–water partition coefficient (Wildman–Crippen LogP) is 3.39. The SMILES string of the molecule is CCC1NC(c2ccsc2)N(C(C)CC(C)C)C1=O. The van der Waals surface area contributed by atoms with Crippen molar-refractivity contribution in [3.8, 4) is 0 Å². The van der Waals surface area contributed by atoms with E-state index < -0.39 is 0 Å². The van der Waals surface area contributed by atoms with Gasteiger partial charge in [0.2, 0.25) is 5.91 Å². The average Bonchev–Trinajstić information content (AvgIpc) is 2.94. The Morgan fingerprint density at radius 3 is 2.68 bits per heavy atom. The molecular weight excluding hydrogens is 256 g/mol. The molecule has 2 heterocycles. The Morgan fingerprint density at radius 1 is 1.42 bits per heavy atom. The van der Waals surface area contributed by atoms with E-state index in [2.05, 4.69) is 54.7 Å². The Bertz CT molecular complexity index is 416. The fourth-order valence-corrected chi connectivity index (χ4v) is 3.58. The van der Waals surface area contributed by atoms with Gasteiger partial charge in [-0.3, -0.25) is 10.1 Å². The Balaban J connectivity index is 2.22. The van der Waals surface area contributed by atoms with Crippen LogP contribution in [-0.4, -0.2) is 22.9 Å². The van der Waals surface area contributed by atoms with Crippen molar-refractivity contribution in [2.24, 2.45) is 5.92 Å². The molecule has 3 nitrogen and oxygen atoms in total. The first-order chi connectivity index (χ1) is 9.04. The van der Waals surface area contributed by atoms with Gasteiger partial charge in [0.25, 0.3) is 0 Å². The summed E-state index contributed by atoms with van der Waals surface area (Å²) < 4.78 is 0. The van der Waals surface area contributed by atoms with E-state index >= 15 is 0 Å². The van der Waals surface area contributed by atoms with Crippen LogP contribution in [0.3, 0.4) is 0 Å². The van der Waals surface area contributed by atoms with E-state index in [1.165, 1.54) is 5.56 Å². The predicted molar refractivity (Wildman–Crippen MR) is 80.0 cm³/mol. The number of nitrogens with zero attached hydrogens (tertiary/aromatic N) is 1. The van der Waals surface area contributed by atoms with Crippen LogP contribution >= 0.6 is 11.3 Å². The van der Waals surface area contributed by atoms with Crippen molar-refractivity contribution >= 4 is 17.2 Å². The second kappa shape index (κ2) is 6.06. The minimum absolute atomic E-state index is 0.0282. The van der Waals surface area contributed by atoms with E-state index in [0.717, 1.165) is 12.8 Å². The van der Waals surface area contributed by atoms with Gasteiger partial charge in [-0.05, 0) is 48.1 Å². The molecule has 1 aromatic rings. The highest BCUT2D eigenvalue weighted by Crippen LogP contribution is 2.31. The number of amides is 1. The summed E-state index contributed by atoms with van der Waals surface area (Å²) in [6, 6.07) is 2.36. The molecule has 2 rings (SSSR count). The van der Waals surface area contributed by atoms with Crippen molar-refractivity contribution in [1.29, 1.82) is 0 Å². The van der Waals surface area contributed by atoms with E-state index in [1.807, 2.05) is 0 Å². The van der Waals surface area contributed by atoms with Crippen LogP contribution < -0.4 is 5.32 Å². The number of thiophene rings is 1. The zero-order valence-corrected chi connectivity index (χ0v) is 13.0. The number of carbonyl (C=O) groups excluding carboxylic acids is 1. The van der Waals surface area contributed by atoms with Gasteiger partial charge in [-0.15, -0.1) is 0 Å². The summed E-state index contributed by atoms with van der Waals surface area (Å²) in [6.07, 6.45) is 1.95. The number of carbonyl (C=O) groups is 1. The summed E-state index contributed by atoms with van der Waals surface area (Å²) in [5.74, 6) is 0.860. The van der Waals surface area contributed by atoms with Gasteiger partial charge in [0.05, 0.1) is 6.04 Å². The molecule has 0 bridgehead atoms. The van der Waals surface area contributed by atoms with Crippen LogP contribution in [0.25, 0.3) is 0 Å². The van der Waals surface area contributed by atoms with Crippen LogP contribution in [-0.2, 0) is 4.79 Å². The summed E-state index contributed by atoms with van der Waals surface area (Å²) in [5.41, 5.74) is 1.21. The molecule has 0 aliphatic carbocycles. The van der Waals surface area contributed by atoms with Crippen LogP contribution in [0, 0.1) is 5.92 Å². The summed E-state index contributed by atoms with van der Waals surface area (Å²) in [5, 5.41) is 7.69. The topological polar surface area (TPSA) is 32.3 Å². The van der Waals surface area contributed by atoms with Gasteiger partial charge < -0.3 is 4.90 Å². The smallest absolute Gasteiger partial charge is 0.241 e. The van der Waals surface area contributed by atoms with Gasteiger partial charge in [0.1, 0.15) is 6.17 Å². The molecule has 0 aromatic carbocycles. The lowest BCUT2D eigenvalue weighted by molar-refractivity contribution is -0.132. The molecule has 4 heteroatoms. The van der Waals surface area contributed by atoms with E-state index in [9.17, 15) is 4.79 Å². The Labute approximate surface area is 120 Å². The maximum atomic E-state index is 12.5. The van der Waals surface area contributed by atoms with Gasteiger partial charge in [-0.2, -0.15) is 11.3 Å². The normalized spacial score (nSPS) is 25.3. The Hall–Kier alpha value is -0.870. The molecule has 1 amide bonds. The van der Waals surface area contributed by atoms with Crippen LogP contribution in [0.5, 0.6) is 0 Å². The minimum atomic E-state index is -0.0282. The number of hydrogen-bond acceptors (Lipinski definition) is 3. The van der Waals surface area contributed by atoms with E-state index in [4.69, 9.17) is 0 Å². The fourth-order valence-electron chi connectivity index (χ4n) is 2.90. The third-order valence-corrected chi connectivity index (χ3v) is 4.45. The molecule has 0 saturated carbocycles. The van der Waals surface area contributed by atoms with Gasteiger partial charge in [-0.1, -0.05) is 20.8 Å². The molecule has 106 valence electrons. The molecule has 1 aliphatic heterocycles. The zero-order valence-electron chi connectivity index (χ0n) is 12.2. The highest BCUT2D eigenvalue weighted by atomic mass is 32.1. The molecule has 1 aliphatic rings. The summed E-state index contributed by atoms with van der Waals surface area (Å²) in [4.78, 5) is 14.6. The van der Waals surface area contributed by atoms with Crippen molar-refractivity contribution in [2.75, 3.05) is 0 Å². The first-order valence-corrected chi connectivity index (χ1v) is 8.09. The maximum Gasteiger partial charge on any atom is 0.241 e. The lowest BCUT2D eigenvalue weighted by Crippen LogP contribution is -2.39. The number of rotatable bonds is 5. The molecule has 0 spiro atoms. The molecule has 1 N–H and O–H groups in total. The third-order valence-electron chi connectivity index (χ3n) is 3.74. The van der Waals surface area contributed by atoms with E-state index in [-0.39, 0.29) is 24.2 Å². The molecule has 0 radical (unpaired) electrons. The Morgan fingerprint density at radius 2 is 2.16 bits per heavy atom. The lowest BCUT2D eigenvalue weighted by Gasteiger charge is -2.31. The molecule has 1 saturated heterocycles. The van der Waals surface area contributed by atoms with E-state index in [1.54, 1.807) is 11.3 Å². The van der Waals surface area contributed by atoms with Crippen molar-refractivity contribution in [1.82, 2.24) is 10.2 Å². The van der Waals surface area contributed by atoms with Crippen LogP contribution in [0.2, 0.25) is 0 Å². The third kappa shape index (κ3) is 3.00. The second-order valence-corrected chi connectivity index (χ2v) is 6.59. The summed E-state index contributed by atoms with van der Waals surface area (Å²) in [7, 11) is 0. The summed E-state index contributed by atoms with van der Waals surface area (Å²) in [6.45, 7) is 8.65. The highest BCUT2D eigenvalue weighted by Gasteiger charge is 2.41. The second-order valence-electron chi connectivity index (χ2n) is 5.81. The van der Waals surface area contributed by atoms with Gasteiger partial charge in [-0.25, -0.2) is 0 Å². The van der Waals surface area contributed by atoms with Crippen molar-refractivity contribution in [3.05, 3.63) is 22.4 Å². The van der Waals surface area contributed by atoms with Crippen LogP contribution in [0.4, 0.5) is 0 Å². The average molecular weight is 280 g/mol. The molecule has 3 unspecified atom stereocenters. The van der Waals surface area contributed by atoms with Gasteiger partial charge in [0, 0.05) is 6.04 Å². The first-order valence-electron chi connectivity index (χ1n) is 7.14. The zero-order chi connectivity index (χ0) is 14.0. The van der Waals surface area contributed by atoms with Crippen molar-refractivity contribution < 1.29 is 4.79 Å². The molecule has 1 fully saturated rings. The number of hydrogen-bond donors (Lipinski definition) is 1. The summed E-state index contributed by atoms with van der Waals surface area (Å²) >= 11 is 1.69. The number of nitrogens with one attached hydrogen (secondary N) is 1. The molecular formula is C15H24N2OS. The first kappa shape index (κ1) is 14.5. The quantitative estimate of drug-likeness (QED) is 0.896. The van der Waals surface area contributed by atoms with Crippen molar-refractivity contribution in [2.45, 2.75) is 58.8 Å². The molecule has 1 aromatic heterocycles. The van der Waals surface area contributed by atoms with E-state index in [0.29, 0.717) is 5.92 Å². The van der Waals surface area contributed by atoms with Gasteiger partial charge >= 0.3 is 0 Å². The lowest BCUT2D eigenvalue weighted by atomic mass is 10.0. The monoisotopic (exact) mass is 280 g/mol. The standard InChI is InChI=1S/C15H24N2OS/c1-5-13-15(18)17(11(4)8-10(2)3)14(16-13)12-6-7-19-9-12/h6-7,9-11,13-14,16H,5,8H2,1-4H3. The van der Waals surface area contributed by atoms with Crippen LogP contribution in [0.1, 0.15) is 52.3 Å².